The molecule has 0 saturated carbocycles. The minimum atomic E-state index is -5.15. The second-order valence-corrected chi connectivity index (χ2v) is 5.27. The smallest absolute Gasteiger partial charge is 0.417 e. The predicted octanol–water partition coefficient (Wildman–Crippen LogP) is 0.626. The number of nitro groups is 3. The van der Waals surface area contributed by atoms with Gasteiger partial charge in [0, 0.05) is 12.3 Å². The number of nitrogens with zero attached hydrogens (tertiary/aromatic N) is 3. The minimum absolute atomic E-state index is 0.346. The summed E-state index contributed by atoms with van der Waals surface area (Å²) in [6.45, 7) is 0. The van der Waals surface area contributed by atoms with Gasteiger partial charge in [0.1, 0.15) is 6.26 Å². The fourth-order valence-electron chi connectivity index (χ4n) is 1.49. The van der Waals surface area contributed by atoms with Gasteiger partial charge in [-0.25, -0.2) is 4.79 Å². The Morgan fingerprint density at radius 1 is 1.00 bits per heavy atom. The lowest BCUT2D eigenvalue weighted by Crippen LogP contribution is -2.08. The van der Waals surface area contributed by atoms with E-state index in [0.29, 0.717) is 12.1 Å². The first-order valence-corrected chi connectivity index (χ1v) is 7.10. The van der Waals surface area contributed by atoms with Crippen molar-refractivity contribution in [3.63, 3.8) is 0 Å². The maximum atomic E-state index is 10.9. The lowest BCUT2D eigenvalue weighted by Gasteiger charge is -2.01. The molecule has 1 aromatic carbocycles. The molecule has 1 aromatic heterocycles. The highest BCUT2D eigenvalue weighted by Crippen LogP contribution is 2.40. The van der Waals surface area contributed by atoms with Gasteiger partial charge in [0.05, 0.1) is 14.8 Å². The molecule has 0 fully saturated rings. The van der Waals surface area contributed by atoms with Gasteiger partial charge in [0.2, 0.25) is 0 Å². The van der Waals surface area contributed by atoms with Gasteiger partial charge in [-0.1, -0.05) is 0 Å². The number of hydrogen-bond acceptors (Lipinski definition) is 10. The lowest BCUT2D eigenvalue weighted by atomic mass is 10.2. The number of aromatic nitrogens is 1. The fourth-order valence-corrected chi connectivity index (χ4v) is 2.15. The molecule has 0 spiro atoms. The summed E-state index contributed by atoms with van der Waals surface area (Å²) < 4.78 is 34.7. The Kier molecular flexibility index (Phi) is 5.64. The second-order valence-electron chi connectivity index (χ2n) is 3.88. The SMILES string of the molecule is O=[N+]([O-])c1ccc(S(=O)(=O)O)c([N+](=O)[O-])c1[N+](=O)[O-].O=c1[nH]cco1. The molecule has 0 saturated heterocycles. The third-order valence-electron chi connectivity index (χ3n) is 2.38. The number of nitrogens with one attached hydrogen (secondary N) is 1. The van der Waals surface area contributed by atoms with Gasteiger partial charge in [0.25, 0.3) is 0 Å². The van der Waals surface area contributed by atoms with Gasteiger partial charge < -0.3 is 4.42 Å². The van der Waals surface area contributed by atoms with E-state index < -0.39 is 52.6 Å². The van der Waals surface area contributed by atoms with Crippen LogP contribution in [0.2, 0.25) is 0 Å². The van der Waals surface area contributed by atoms with Crippen LogP contribution in [0, 0.1) is 30.3 Å². The molecule has 0 aliphatic carbocycles. The molecule has 0 unspecified atom stereocenters. The Morgan fingerprint density at radius 3 is 1.84 bits per heavy atom. The van der Waals surface area contributed by atoms with Crippen LogP contribution >= 0.6 is 0 Å². The molecule has 2 aromatic rings. The van der Waals surface area contributed by atoms with Crippen LogP contribution in [-0.4, -0.2) is 32.7 Å². The highest BCUT2D eigenvalue weighted by Gasteiger charge is 2.42. The van der Waals surface area contributed by atoms with Gasteiger partial charge in [-0.3, -0.25) is 39.9 Å². The third kappa shape index (κ3) is 4.65. The van der Waals surface area contributed by atoms with Crippen molar-refractivity contribution in [1.82, 2.24) is 4.98 Å². The Labute approximate surface area is 135 Å². The van der Waals surface area contributed by atoms with Crippen LogP contribution in [0.4, 0.5) is 17.1 Å². The third-order valence-corrected chi connectivity index (χ3v) is 3.26. The summed E-state index contributed by atoms with van der Waals surface area (Å²) in [5.41, 5.74) is -4.55. The zero-order chi connectivity index (χ0) is 19.4. The van der Waals surface area contributed by atoms with Crippen molar-refractivity contribution in [1.29, 1.82) is 0 Å². The Balaban J connectivity index is 0.000000435. The molecular formula is C9H6N4O11S. The van der Waals surface area contributed by atoms with Crippen LogP contribution < -0.4 is 5.76 Å². The Bertz CT molecular complexity index is 972. The molecule has 0 bridgehead atoms. The van der Waals surface area contributed by atoms with Gasteiger partial charge in [0.15, 0.2) is 4.90 Å². The molecular weight excluding hydrogens is 372 g/mol. The summed E-state index contributed by atoms with van der Waals surface area (Å²) >= 11 is 0. The number of benzene rings is 1. The van der Waals surface area contributed by atoms with Crippen molar-refractivity contribution in [2.24, 2.45) is 0 Å². The first-order chi connectivity index (χ1) is 11.5. The molecule has 0 amide bonds. The Morgan fingerprint density at radius 2 is 1.56 bits per heavy atom. The van der Waals surface area contributed by atoms with Crippen molar-refractivity contribution in [2.75, 3.05) is 0 Å². The van der Waals surface area contributed by atoms with Gasteiger partial charge in [-0.05, 0) is 6.07 Å². The van der Waals surface area contributed by atoms with Crippen molar-refractivity contribution in [2.45, 2.75) is 4.90 Å². The van der Waals surface area contributed by atoms with Crippen LogP contribution in [0.15, 0.2) is 38.7 Å². The quantitative estimate of drug-likeness (QED) is 0.425. The zero-order valence-corrected chi connectivity index (χ0v) is 12.4. The minimum Gasteiger partial charge on any atom is -0.417 e. The molecule has 2 N–H and O–H groups in total. The van der Waals surface area contributed by atoms with E-state index in [-0.39, 0.29) is 0 Å². The molecule has 0 atom stereocenters. The topological polar surface area (TPSA) is 230 Å². The average Bonchev–Trinajstić information content (AvgIpc) is 2.96. The number of nitro benzene ring substituents is 3. The molecule has 0 radical (unpaired) electrons. The molecule has 0 aliphatic rings. The summed E-state index contributed by atoms with van der Waals surface area (Å²) in [5, 5.41) is 31.9. The van der Waals surface area contributed by atoms with E-state index in [0.717, 1.165) is 0 Å². The lowest BCUT2D eigenvalue weighted by molar-refractivity contribution is -0.442. The van der Waals surface area contributed by atoms with E-state index in [4.69, 9.17) is 4.55 Å². The first-order valence-electron chi connectivity index (χ1n) is 5.66. The molecule has 2 rings (SSSR count). The van der Waals surface area contributed by atoms with Crippen molar-refractivity contribution < 1.29 is 32.2 Å². The molecule has 25 heavy (non-hydrogen) atoms. The maximum absolute atomic E-state index is 10.9. The molecule has 134 valence electrons. The normalized spacial score (nSPS) is 10.4. The summed E-state index contributed by atoms with van der Waals surface area (Å²) in [6.07, 6.45) is 2.73. The number of rotatable bonds is 4. The second kappa shape index (κ2) is 7.27. The standard InChI is InChI=1S/C6H3N3O9S.C3H3NO2/c10-7(11)3-1-2-4(19(16,17)18)6(9(14)15)5(3)8(12)13;5-3-4-1-2-6-3/h1-2H,(H,16,17,18);1-2H,(H,4,5). The van der Waals surface area contributed by atoms with E-state index in [1.807, 2.05) is 0 Å². The largest absolute Gasteiger partial charge is 0.423 e. The predicted molar refractivity (Wildman–Crippen MR) is 75.5 cm³/mol. The molecule has 15 nitrogen and oxygen atoms in total. The van der Waals surface area contributed by atoms with E-state index >= 15 is 0 Å². The van der Waals surface area contributed by atoms with Crippen LogP contribution in [0.25, 0.3) is 0 Å². The van der Waals surface area contributed by atoms with E-state index in [1.165, 1.54) is 12.5 Å². The summed E-state index contributed by atoms with van der Waals surface area (Å²) in [6, 6.07) is 0.729. The first kappa shape index (κ1) is 19.4. The fraction of sp³-hybridized carbons (Fsp3) is 0. The van der Waals surface area contributed by atoms with E-state index in [2.05, 4.69) is 9.40 Å². The van der Waals surface area contributed by atoms with E-state index in [9.17, 15) is 43.6 Å². The van der Waals surface area contributed by atoms with Gasteiger partial charge in [-0.15, -0.1) is 0 Å². The van der Waals surface area contributed by atoms with Crippen molar-refractivity contribution in [3.8, 4) is 0 Å². The average molecular weight is 378 g/mol. The van der Waals surface area contributed by atoms with Crippen molar-refractivity contribution in [3.05, 3.63) is 65.5 Å². The highest BCUT2D eigenvalue weighted by molar-refractivity contribution is 7.86. The monoisotopic (exact) mass is 378 g/mol. The highest BCUT2D eigenvalue weighted by atomic mass is 32.2. The zero-order valence-electron chi connectivity index (χ0n) is 11.6. The summed E-state index contributed by atoms with van der Waals surface area (Å²) in [5.74, 6) is -0.407. The number of H-pyrrole nitrogens is 1. The van der Waals surface area contributed by atoms with E-state index in [1.54, 1.807) is 0 Å². The van der Waals surface area contributed by atoms with Crippen molar-refractivity contribution >= 4 is 27.2 Å². The van der Waals surface area contributed by atoms with Gasteiger partial charge in [-0.2, -0.15) is 8.42 Å². The van der Waals surface area contributed by atoms with Crippen LogP contribution in [0.1, 0.15) is 0 Å². The summed E-state index contributed by atoms with van der Waals surface area (Å²) in [4.78, 5) is 38.3. The number of oxazole rings is 1. The Hall–Kier alpha value is -3.66. The number of aromatic amines is 1. The molecule has 0 aliphatic heterocycles. The van der Waals surface area contributed by atoms with Crippen LogP contribution in [0.5, 0.6) is 0 Å². The van der Waals surface area contributed by atoms with Gasteiger partial charge >= 0.3 is 32.9 Å². The number of hydrogen-bond donors (Lipinski definition) is 2. The van der Waals surface area contributed by atoms with Crippen LogP contribution in [0.3, 0.4) is 0 Å². The summed E-state index contributed by atoms with van der Waals surface area (Å²) in [7, 11) is -5.15. The molecule has 16 heteroatoms. The molecule has 1 heterocycles. The maximum Gasteiger partial charge on any atom is 0.423 e. The van der Waals surface area contributed by atoms with Crippen LogP contribution in [-0.2, 0) is 10.1 Å².